The summed E-state index contributed by atoms with van der Waals surface area (Å²) in [7, 11) is 0.197. The first-order valence-electron chi connectivity index (χ1n) is 9.52. The third kappa shape index (κ3) is 4.47. The van der Waals surface area contributed by atoms with Gasteiger partial charge in [-0.05, 0) is 12.8 Å². The highest BCUT2D eigenvalue weighted by molar-refractivity contribution is 6.83. The summed E-state index contributed by atoms with van der Waals surface area (Å²) in [6.45, 7) is 7.12. The first-order valence-corrected chi connectivity index (χ1v) is 13.0. The average molecular weight is 369 g/mol. The van der Waals surface area contributed by atoms with E-state index in [1.807, 2.05) is 0 Å². The van der Waals surface area contributed by atoms with Gasteiger partial charge in [-0.25, -0.2) is 0 Å². The molecule has 142 valence electrons. The lowest BCUT2D eigenvalue weighted by Crippen LogP contribution is -2.40. The average Bonchev–Trinajstić information content (AvgIpc) is 3.09. The summed E-state index contributed by atoms with van der Waals surface area (Å²) in [5, 5.41) is 10.8. The molecule has 1 saturated carbocycles. The highest BCUT2D eigenvalue weighted by atomic mass is 28.3. The second-order valence-electron chi connectivity index (χ2n) is 8.55. The Bertz CT molecular complexity index is 514. The summed E-state index contributed by atoms with van der Waals surface area (Å²) in [5.74, 6) is 2.65. The fraction of sp³-hybridized carbons (Fsp3) is 0.895. The molecule has 5 atom stereocenters. The molecule has 1 aliphatic carbocycles. The standard InChI is InChI=1S/C19H32O5Si/c1-21-18-14(9-8-12-25(2,3)4)16(20)17(23-18)15-13-22-19(24-15)10-6-5-7-11-19/h14-18,20H,5-7,9-11,13H2,1-4H3/t14-,15+,16-,17+,18-/m0/s1. The van der Waals surface area contributed by atoms with Crippen molar-refractivity contribution in [3.8, 4) is 11.5 Å². The fourth-order valence-electron chi connectivity index (χ4n) is 4.02. The zero-order chi connectivity index (χ0) is 18.1. The third-order valence-corrected chi connectivity index (χ3v) is 6.23. The van der Waals surface area contributed by atoms with Crippen LogP contribution >= 0.6 is 0 Å². The van der Waals surface area contributed by atoms with Crippen LogP contribution in [0.4, 0.5) is 0 Å². The van der Waals surface area contributed by atoms with E-state index in [9.17, 15) is 5.11 Å². The van der Waals surface area contributed by atoms with E-state index in [4.69, 9.17) is 18.9 Å². The largest absolute Gasteiger partial charge is 0.390 e. The van der Waals surface area contributed by atoms with Gasteiger partial charge in [0.05, 0.1) is 12.7 Å². The predicted molar refractivity (Wildman–Crippen MR) is 97.5 cm³/mol. The molecule has 1 N–H and O–H groups in total. The SMILES string of the molecule is CO[C@H]1O[C@H]([C@H]2COC3(CCCCC3)O2)[C@@H](O)[C@@H]1CC#C[Si](C)(C)C. The summed E-state index contributed by atoms with van der Waals surface area (Å²) in [5.41, 5.74) is 3.36. The smallest absolute Gasteiger partial charge is 0.169 e. The van der Waals surface area contributed by atoms with Gasteiger partial charge in [-0.3, -0.25) is 0 Å². The molecule has 0 aromatic heterocycles. The van der Waals surface area contributed by atoms with E-state index in [0.717, 1.165) is 25.7 Å². The molecule has 0 radical (unpaired) electrons. The fourth-order valence-corrected chi connectivity index (χ4v) is 4.65. The molecular formula is C19H32O5Si. The van der Waals surface area contributed by atoms with Crippen molar-refractivity contribution in [2.24, 2.45) is 5.92 Å². The van der Waals surface area contributed by atoms with Crippen molar-refractivity contribution in [2.75, 3.05) is 13.7 Å². The van der Waals surface area contributed by atoms with E-state index >= 15 is 0 Å². The molecule has 6 heteroatoms. The first kappa shape index (κ1) is 19.3. The van der Waals surface area contributed by atoms with E-state index in [1.54, 1.807) is 7.11 Å². The molecule has 0 amide bonds. The van der Waals surface area contributed by atoms with Gasteiger partial charge in [-0.15, -0.1) is 11.5 Å². The summed E-state index contributed by atoms with van der Waals surface area (Å²) in [6, 6.07) is 0. The Morgan fingerprint density at radius 1 is 1.20 bits per heavy atom. The highest BCUT2D eigenvalue weighted by Gasteiger charge is 2.52. The number of aliphatic hydroxyl groups excluding tert-OH is 1. The van der Waals surface area contributed by atoms with Crippen LogP contribution in [0.2, 0.25) is 19.6 Å². The molecule has 1 spiro atoms. The van der Waals surface area contributed by atoms with E-state index in [0.29, 0.717) is 13.0 Å². The van der Waals surface area contributed by atoms with Crippen molar-refractivity contribution >= 4 is 8.07 Å². The molecule has 2 heterocycles. The Balaban J connectivity index is 1.64. The van der Waals surface area contributed by atoms with Crippen molar-refractivity contribution in [1.82, 2.24) is 0 Å². The maximum atomic E-state index is 10.8. The number of ether oxygens (including phenoxy) is 4. The van der Waals surface area contributed by atoms with Crippen LogP contribution in [-0.2, 0) is 18.9 Å². The van der Waals surface area contributed by atoms with Crippen LogP contribution in [0.25, 0.3) is 0 Å². The van der Waals surface area contributed by atoms with Gasteiger partial charge >= 0.3 is 0 Å². The molecule has 0 aromatic rings. The van der Waals surface area contributed by atoms with Crippen LogP contribution in [0.5, 0.6) is 0 Å². The van der Waals surface area contributed by atoms with Gasteiger partial charge < -0.3 is 24.1 Å². The molecule has 3 aliphatic rings. The molecule has 0 bridgehead atoms. The third-order valence-electron chi connectivity index (χ3n) is 5.31. The zero-order valence-corrected chi connectivity index (χ0v) is 16.9. The Kier molecular flexibility index (Phi) is 5.94. The van der Waals surface area contributed by atoms with Crippen LogP contribution in [0.3, 0.4) is 0 Å². The minimum absolute atomic E-state index is 0.148. The number of hydrogen-bond donors (Lipinski definition) is 1. The van der Waals surface area contributed by atoms with Crippen molar-refractivity contribution < 1.29 is 24.1 Å². The topological polar surface area (TPSA) is 57.2 Å². The van der Waals surface area contributed by atoms with Gasteiger partial charge in [0, 0.05) is 32.3 Å². The minimum Gasteiger partial charge on any atom is -0.390 e. The maximum absolute atomic E-state index is 10.8. The molecule has 3 fully saturated rings. The van der Waals surface area contributed by atoms with Crippen molar-refractivity contribution in [1.29, 1.82) is 0 Å². The Hall–Kier alpha value is -0.423. The summed E-state index contributed by atoms with van der Waals surface area (Å²) in [4.78, 5) is 0. The lowest BCUT2D eigenvalue weighted by Gasteiger charge is -2.32. The Morgan fingerprint density at radius 2 is 1.92 bits per heavy atom. The molecule has 3 rings (SSSR count). The summed E-state index contributed by atoms with van der Waals surface area (Å²) in [6.07, 6.45) is 4.23. The maximum Gasteiger partial charge on any atom is 0.169 e. The highest BCUT2D eigenvalue weighted by Crippen LogP contribution is 2.42. The van der Waals surface area contributed by atoms with E-state index in [2.05, 4.69) is 31.1 Å². The lowest BCUT2D eigenvalue weighted by atomic mass is 9.94. The van der Waals surface area contributed by atoms with Crippen LogP contribution in [0.1, 0.15) is 38.5 Å². The van der Waals surface area contributed by atoms with Crippen molar-refractivity contribution in [3.05, 3.63) is 0 Å². The number of rotatable bonds is 3. The molecule has 2 saturated heterocycles. The van der Waals surface area contributed by atoms with E-state index in [1.165, 1.54) is 6.42 Å². The normalized spacial score (nSPS) is 37.9. The molecule has 0 unspecified atom stereocenters. The second-order valence-corrected chi connectivity index (χ2v) is 13.3. The molecule has 2 aliphatic heterocycles. The quantitative estimate of drug-likeness (QED) is 0.613. The van der Waals surface area contributed by atoms with Gasteiger partial charge in [-0.2, -0.15) is 0 Å². The molecule has 25 heavy (non-hydrogen) atoms. The monoisotopic (exact) mass is 368 g/mol. The Labute approximate surface area is 152 Å². The van der Waals surface area contributed by atoms with Gasteiger partial charge in [0.2, 0.25) is 0 Å². The first-order chi connectivity index (χ1) is 11.8. The lowest BCUT2D eigenvalue weighted by molar-refractivity contribution is -0.209. The molecular weight excluding hydrogens is 336 g/mol. The van der Waals surface area contributed by atoms with Crippen LogP contribution in [-0.4, -0.2) is 57.3 Å². The molecule has 0 aromatic carbocycles. The van der Waals surface area contributed by atoms with Crippen molar-refractivity contribution in [2.45, 2.75) is 88.6 Å². The number of hydrogen-bond acceptors (Lipinski definition) is 5. The Morgan fingerprint density at radius 3 is 2.56 bits per heavy atom. The summed E-state index contributed by atoms with van der Waals surface area (Å²) >= 11 is 0. The number of methoxy groups -OCH3 is 1. The summed E-state index contributed by atoms with van der Waals surface area (Å²) < 4.78 is 23.7. The van der Waals surface area contributed by atoms with Crippen LogP contribution < -0.4 is 0 Å². The second kappa shape index (κ2) is 7.67. The number of aliphatic hydroxyl groups is 1. The predicted octanol–water partition coefficient (Wildman–Crippen LogP) is 2.68. The van der Waals surface area contributed by atoms with Gasteiger partial charge in [0.25, 0.3) is 0 Å². The van der Waals surface area contributed by atoms with Crippen molar-refractivity contribution in [3.63, 3.8) is 0 Å². The van der Waals surface area contributed by atoms with Crippen LogP contribution in [0, 0.1) is 17.4 Å². The van der Waals surface area contributed by atoms with Gasteiger partial charge in [0.1, 0.15) is 20.3 Å². The van der Waals surface area contributed by atoms with E-state index < -0.39 is 32.4 Å². The zero-order valence-electron chi connectivity index (χ0n) is 15.9. The minimum atomic E-state index is -1.42. The van der Waals surface area contributed by atoms with E-state index in [-0.39, 0.29) is 12.0 Å². The molecule has 5 nitrogen and oxygen atoms in total. The van der Waals surface area contributed by atoms with Crippen LogP contribution in [0.15, 0.2) is 0 Å². The van der Waals surface area contributed by atoms with Gasteiger partial charge in [-0.1, -0.05) is 26.1 Å². The van der Waals surface area contributed by atoms with Gasteiger partial charge in [0.15, 0.2) is 12.1 Å².